The lowest BCUT2D eigenvalue weighted by molar-refractivity contribution is 0.240. The SMILES string of the molecule is CN(C)S(=O)(=O)c1ccccc1CNC(=O)NCc1nc2ccccc2s1. The predicted octanol–water partition coefficient (Wildman–Crippen LogP) is 2.55. The fourth-order valence-electron chi connectivity index (χ4n) is 2.49. The van der Waals surface area contributed by atoms with Gasteiger partial charge in [-0.2, -0.15) is 0 Å². The second-order valence-corrected chi connectivity index (χ2v) is 9.24. The van der Waals surface area contributed by atoms with E-state index in [2.05, 4.69) is 15.6 Å². The number of nitrogens with zero attached hydrogens (tertiary/aromatic N) is 2. The maximum Gasteiger partial charge on any atom is 0.315 e. The van der Waals surface area contributed by atoms with Gasteiger partial charge in [-0.25, -0.2) is 22.5 Å². The van der Waals surface area contributed by atoms with Gasteiger partial charge < -0.3 is 10.6 Å². The van der Waals surface area contributed by atoms with Crippen LogP contribution >= 0.6 is 11.3 Å². The van der Waals surface area contributed by atoms with E-state index in [1.165, 1.54) is 31.5 Å². The van der Waals surface area contributed by atoms with Crippen molar-refractivity contribution in [1.82, 2.24) is 19.9 Å². The molecule has 0 saturated carbocycles. The molecule has 3 aromatic rings. The van der Waals surface area contributed by atoms with Crippen LogP contribution in [-0.2, 0) is 23.1 Å². The molecule has 2 N–H and O–H groups in total. The molecule has 27 heavy (non-hydrogen) atoms. The number of rotatable bonds is 6. The van der Waals surface area contributed by atoms with E-state index >= 15 is 0 Å². The normalized spacial score (nSPS) is 11.7. The second-order valence-electron chi connectivity index (χ2n) is 6.01. The molecule has 2 amide bonds. The highest BCUT2D eigenvalue weighted by Crippen LogP contribution is 2.21. The van der Waals surface area contributed by atoms with Crippen molar-refractivity contribution >= 4 is 37.6 Å². The van der Waals surface area contributed by atoms with E-state index in [0.29, 0.717) is 12.1 Å². The van der Waals surface area contributed by atoms with Crippen molar-refractivity contribution in [2.45, 2.75) is 18.0 Å². The summed E-state index contributed by atoms with van der Waals surface area (Å²) in [7, 11) is -0.619. The fraction of sp³-hybridized carbons (Fsp3) is 0.222. The Labute approximate surface area is 162 Å². The molecule has 7 nitrogen and oxygen atoms in total. The Bertz CT molecular complexity index is 1030. The fourth-order valence-corrected chi connectivity index (χ4v) is 4.51. The van der Waals surface area contributed by atoms with Crippen molar-refractivity contribution in [1.29, 1.82) is 0 Å². The molecule has 0 radical (unpaired) electrons. The topological polar surface area (TPSA) is 91.4 Å². The summed E-state index contributed by atoms with van der Waals surface area (Å²) in [5.74, 6) is 0. The van der Waals surface area contributed by atoms with Crippen LogP contribution in [0.5, 0.6) is 0 Å². The molecule has 0 unspecified atom stereocenters. The van der Waals surface area contributed by atoms with Gasteiger partial charge in [0.25, 0.3) is 0 Å². The molecule has 1 aromatic heterocycles. The zero-order valence-electron chi connectivity index (χ0n) is 15.0. The smallest absolute Gasteiger partial charge is 0.315 e. The Balaban J connectivity index is 1.61. The number of para-hydroxylation sites is 1. The lowest BCUT2D eigenvalue weighted by Gasteiger charge is -2.15. The highest BCUT2D eigenvalue weighted by molar-refractivity contribution is 7.89. The van der Waals surface area contributed by atoms with E-state index in [-0.39, 0.29) is 17.5 Å². The first kappa shape index (κ1) is 19.3. The molecule has 0 atom stereocenters. The molecule has 1 heterocycles. The van der Waals surface area contributed by atoms with Gasteiger partial charge in [-0.15, -0.1) is 11.3 Å². The Kier molecular flexibility index (Phi) is 5.73. The third-order valence-electron chi connectivity index (χ3n) is 3.91. The van der Waals surface area contributed by atoms with Crippen LogP contribution < -0.4 is 10.6 Å². The average Bonchev–Trinajstić information content (AvgIpc) is 3.07. The molecule has 2 aromatic carbocycles. The van der Waals surface area contributed by atoms with E-state index in [9.17, 15) is 13.2 Å². The number of thiazole rings is 1. The third-order valence-corrected chi connectivity index (χ3v) is 6.86. The second kappa shape index (κ2) is 8.03. The Morgan fingerprint density at radius 3 is 2.44 bits per heavy atom. The molecule has 0 aliphatic rings. The summed E-state index contributed by atoms with van der Waals surface area (Å²) in [6.45, 7) is 0.414. The van der Waals surface area contributed by atoms with Gasteiger partial charge in [0.15, 0.2) is 0 Å². The maximum absolute atomic E-state index is 12.4. The van der Waals surface area contributed by atoms with Gasteiger partial charge >= 0.3 is 6.03 Å². The Morgan fingerprint density at radius 2 is 1.70 bits per heavy atom. The van der Waals surface area contributed by atoms with Crippen LogP contribution in [0.3, 0.4) is 0 Å². The van der Waals surface area contributed by atoms with Crippen LogP contribution in [0.2, 0.25) is 0 Å². The number of carbonyl (C=O) groups is 1. The summed E-state index contributed by atoms with van der Waals surface area (Å²) in [6.07, 6.45) is 0. The number of fused-ring (bicyclic) bond motifs is 1. The zero-order valence-corrected chi connectivity index (χ0v) is 16.6. The highest BCUT2D eigenvalue weighted by Gasteiger charge is 2.20. The molecular formula is C18H20N4O3S2. The zero-order chi connectivity index (χ0) is 19.4. The molecule has 142 valence electrons. The number of hydrogen-bond acceptors (Lipinski definition) is 5. The highest BCUT2D eigenvalue weighted by atomic mass is 32.2. The Hall–Kier alpha value is -2.49. The third kappa shape index (κ3) is 4.44. The summed E-state index contributed by atoms with van der Waals surface area (Å²) in [5, 5.41) is 6.25. The van der Waals surface area contributed by atoms with Crippen molar-refractivity contribution in [3.8, 4) is 0 Å². The number of hydrogen-bond donors (Lipinski definition) is 2. The number of benzene rings is 2. The molecule has 0 fully saturated rings. The van der Waals surface area contributed by atoms with E-state index < -0.39 is 10.0 Å². The molecular weight excluding hydrogens is 384 g/mol. The van der Waals surface area contributed by atoms with Crippen molar-refractivity contribution in [3.63, 3.8) is 0 Å². The van der Waals surface area contributed by atoms with E-state index in [0.717, 1.165) is 19.5 Å². The molecule has 0 saturated heterocycles. The Morgan fingerprint density at radius 1 is 1.04 bits per heavy atom. The standard InChI is InChI=1S/C18H20N4O3S2/c1-22(2)27(24,25)16-10-6-3-7-13(16)11-19-18(23)20-12-17-21-14-8-4-5-9-15(14)26-17/h3-10H,11-12H2,1-2H3,(H2,19,20,23). The molecule has 9 heteroatoms. The minimum Gasteiger partial charge on any atom is -0.334 e. The number of urea groups is 1. The van der Waals surface area contributed by atoms with Crippen LogP contribution in [0.15, 0.2) is 53.4 Å². The quantitative estimate of drug-likeness (QED) is 0.660. The summed E-state index contributed by atoms with van der Waals surface area (Å²) in [4.78, 5) is 16.7. The van der Waals surface area contributed by atoms with Crippen LogP contribution in [0.1, 0.15) is 10.6 Å². The van der Waals surface area contributed by atoms with Gasteiger partial charge in [-0.05, 0) is 23.8 Å². The molecule has 0 bridgehead atoms. The molecule has 0 aliphatic carbocycles. The number of sulfonamides is 1. The van der Waals surface area contributed by atoms with E-state index in [4.69, 9.17) is 0 Å². The predicted molar refractivity (Wildman–Crippen MR) is 106 cm³/mol. The van der Waals surface area contributed by atoms with E-state index in [1.807, 2.05) is 24.3 Å². The van der Waals surface area contributed by atoms with Gasteiger partial charge in [0, 0.05) is 20.6 Å². The molecule has 0 aliphatic heterocycles. The lowest BCUT2D eigenvalue weighted by Crippen LogP contribution is -2.35. The minimum atomic E-state index is -3.57. The van der Waals surface area contributed by atoms with Crippen molar-refractivity contribution < 1.29 is 13.2 Å². The molecule has 0 spiro atoms. The van der Waals surface area contributed by atoms with Crippen molar-refractivity contribution in [2.75, 3.05) is 14.1 Å². The molecule has 3 rings (SSSR count). The summed E-state index contributed by atoms with van der Waals surface area (Å²) >= 11 is 1.52. The van der Waals surface area contributed by atoms with Gasteiger partial charge in [0.05, 0.1) is 21.7 Å². The lowest BCUT2D eigenvalue weighted by atomic mass is 10.2. The first-order chi connectivity index (χ1) is 12.9. The summed E-state index contributed by atoms with van der Waals surface area (Å²) in [6, 6.07) is 14.0. The van der Waals surface area contributed by atoms with Gasteiger partial charge in [0.2, 0.25) is 10.0 Å². The van der Waals surface area contributed by atoms with Gasteiger partial charge in [-0.1, -0.05) is 30.3 Å². The number of amides is 2. The van der Waals surface area contributed by atoms with E-state index in [1.54, 1.807) is 18.2 Å². The largest absolute Gasteiger partial charge is 0.334 e. The number of nitrogens with one attached hydrogen (secondary N) is 2. The number of carbonyl (C=O) groups excluding carboxylic acids is 1. The van der Waals surface area contributed by atoms with Gasteiger partial charge in [0.1, 0.15) is 5.01 Å². The minimum absolute atomic E-state index is 0.106. The summed E-state index contributed by atoms with van der Waals surface area (Å²) in [5.41, 5.74) is 1.43. The maximum atomic E-state index is 12.4. The van der Waals surface area contributed by atoms with Crippen molar-refractivity contribution in [3.05, 3.63) is 59.1 Å². The van der Waals surface area contributed by atoms with Crippen molar-refractivity contribution in [2.24, 2.45) is 0 Å². The van der Waals surface area contributed by atoms with Gasteiger partial charge in [-0.3, -0.25) is 0 Å². The van der Waals surface area contributed by atoms with Crippen LogP contribution in [0.4, 0.5) is 4.79 Å². The van der Waals surface area contributed by atoms with Crippen LogP contribution in [0.25, 0.3) is 10.2 Å². The summed E-state index contributed by atoms with van der Waals surface area (Å²) < 4.78 is 27.0. The average molecular weight is 405 g/mol. The number of aromatic nitrogens is 1. The van der Waals surface area contributed by atoms with Crippen LogP contribution in [0, 0.1) is 0 Å². The first-order valence-corrected chi connectivity index (χ1v) is 10.5. The monoisotopic (exact) mass is 404 g/mol. The van der Waals surface area contributed by atoms with Crippen LogP contribution in [-0.4, -0.2) is 37.8 Å². The first-order valence-electron chi connectivity index (χ1n) is 8.24.